The molecule has 0 bridgehead atoms. The van der Waals surface area contributed by atoms with E-state index >= 15 is 0 Å². The van der Waals surface area contributed by atoms with Gasteiger partial charge in [-0.25, -0.2) is 9.59 Å². The van der Waals surface area contributed by atoms with Crippen molar-refractivity contribution in [2.24, 2.45) is 0 Å². The number of aliphatic hydroxyl groups is 1. The summed E-state index contributed by atoms with van der Waals surface area (Å²) in [4.78, 5) is 32.1. The van der Waals surface area contributed by atoms with Gasteiger partial charge >= 0.3 is 12.0 Å². The minimum atomic E-state index is -1.47. The normalized spacial score (nSPS) is 11.5. The van der Waals surface area contributed by atoms with Gasteiger partial charge in [0.1, 0.15) is 0 Å². The highest BCUT2D eigenvalue weighted by Gasteiger charge is 2.19. The molecule has 2 amide bonds. The van der Waals surface area contributed by atoms with Crippen LogP contribution in [0.1, 0.15) is 0 Å². The van der Waals surface area contributed by atoms with Crippen molar-refractivity contribution in [2.75, 3.05) is 11.9 Å². The summed E-state index contributed by atoms with van der Waals surface area (Å²) in [6.45, 7) is -0.779. The Kier molecular flexibility index (Phi) is 5.41. The second-order valence-electron chi connectivity index (χ2n) is 3.59. The molecule has 0 aliphatic rings. The number of nitrogens with one attached hydrogen (secondary N) is 2. The van der Waals surface area contributed by atoms with E-state index in [1.54, 1.807) is 0 Å². The Hall–Kier alpha value is -2.20. The molecule has 0 aliphatic heterocycles. The van der Waals surface area contributed by atoms with Crippen LogP contribution in [0.2, 0.25) is 0 Å². The van der Waals surface area contributed by atoms with E-state index in [1.807, 2.05) is 5.32 Å². The smallest absolute Gasteiger partial charge is 0.328 e. The lowest BCUT2D eigenvalue weighted by molar-refractivity contribution is -0.384. The lowest BCUT2D eigenvalue weighted by Crippen LogP contribution is -2.45. The number of urea groups is 1. The summed E-state index contributed by atoms with van der Waals surface area (Å²) >= 11 is 3.09. The fourth-order valence-electron chi connectivity index (χ4n) is 1.22. The topological polar surface area (TPSA) is 142 Å². The fourth-order valence-corrected chi connectivity index (χ4v) is 1.57. The number of aliphatic carboxylic acids is 1. The van der Waals surface area contributed by atoms with Crippen molar-refractivity contribution in [3.8, 4) is 0 Å². The van der Waals surface area contributed by atoms with Gasteiger partial charge in [0.2, 0.25) is 0 Å². The van der Waals surface area contributed by atoms with E-state index in [9.17, 15) is 19.7 Å². The molecular weight excluding hydrogens is 338 g/mol. The summed E-state index contributed by atoms with van der Waals surface area (Å²) in [6, 6.07) is 1.34. The fraction of sp³-hybridized carbons (Fsp3) is 0.200. The maximum Gasteiger partial charge on any atom is 0.328 e. The van der Waals surface area contributed by atoms with Crippen LogP contribution in [-0.4, -0.2) is 39.8 Å². The van der Waals surface area contributed by atoms with Crippen molar-refractivity contribution in [2.45, 2.75) is 6.04 Å². The van der Waals surface area contributed by atoms with Crippen LogP contribution in [0.3, 0.4) is 0 Å². The second-order valence-corrected chi connectivity index (χ2v) is 4.45. The number of carbonyl (C=O) groups is 2. The third kappa shape index (κ3) is 4.17. The van der Waals surface area contributed by atoms with Gasteiger partial charge in [0.05, 0.1) is 17.2 Å². The van der Waals surface area contributed by atoms with Gasteiger partial charge in [0.25, 0.3) is 5.69 Å². The number of carboxylic acids is 1. The predicted octanol–water partition coefficient (Wildman–Crippen LogP) is 0.924. The van der Waals surface area contributed by atoms with Crippen LogP contribution < -0.4 is 10.6 Å². The van der Waals surface area contributed by atoms with Crippen molar-refractivity contribution in [3.05, 3.63) is 32.8 Å². The van der Waals surface area contributed by atoms with Crippen LogP contribution in [0.4, 0.5) is 16.2 Å². The molecule has 0 radical (unpaired) electrons. The van der Waals surface area contributed by atoms with Crippen molar-refractivity contribution >= 4 is 39.3 Å². The first-order chi connectivity index (χ1) is 9.35. The molecule has 108 valence electrons. The van der Waals surface area contributed by atoms with E-state index < -0.39 is 29.6 Å². The zero-order valence-electron chi connectivity index (χ0n) is 9.87. The van der Waals surface area contributed by atoms with E-state index in [0.717, 1.165) is 6.07 Å². The summed E-state index contributed by atoms with van der Waals surface area (Å²) < 4.78 is 0.383. The van der Waals surface area contributed by atoms with Crippen LogP contribution >= 0.6 is 15.9 Å². The van der Waals surface area contributed by atoms with Crippen molar-refractivity contribution in [1.82, 2.24) is 5.32 Å². The van der Waals surface area contributed by atoms with Crippen LogP contribution in [0.15, 0.2) is 22.7 Å². The second kappa shape index (κ2) is 6.82. The number of hydrogen-bond donors (Lipinski definition) is 4. The van der Waals surface area contributed by atoms with Crippen molar-refractivity contribution in [3.63, 3.8) is 0 Å². The molecule has 0 spiro atoms. The monoisotopic (exact) mass is 347 g/mol. The SMILES string of the molecule is O=C(Nc1cc([N+](=O)[O-])ccc1Br)N[C@@H](CO)C(=O)O. The number of aliphatic hydroxyl groups excluding tert-OH is 1. The maximum atomic E-state index is 11.5. The molecule has 1 aromatic carbocycles. The molecule has 0 heterocycles. The highest BCUT2D eigenvalue weighted by atomic mass is 79.9. The first kappa shape index (κ1) is 15.9. The molecule has 0 saturated carbocycles. The molecule has 1 rings (SSSR count). The number of halogens is 1. The van der Waals surface area contributed by atoms with E-state index in [-0.39, 0.29) is 11.4 Å². The van der Waals surface area contributed by atoms with E-state index in [4.69, 9.17) is 10.2 Å². The number of non-ortho nitro benzene ring substituents is 1. The summed E-state index contributed by atoms with van der Waals surface area (Å²) in [7, 11) is 0. The molecule has 1 aromatic rings. The molecule has 9 nitrogen and oxygen atoms in total. The Morgan fingerprint density at radius 1 is 1.45 bits per heavy atom. The molecule has 0 fully saturated rings. The minimum Gasteiger partial charge on any atom is -0.480 e. The molecule has 1 atom stereocenters. The Labute approximate surface area is 120 Å². The largest absolute Gasteiger partial charge is 0.480 e. The Morgan fingerprint density at radius 2 is 2.10 bits per heavy atom. The number of rotatable bonds is 5. The molecule has 20 heavy (non-hydrogen) atoms. The highest BCUT2D eigenvalue weighted by molar-refractivity contribution is 9.10. The number of hydrogen-bond acceptors (Lipinski definition) is 5. The number of carboxylic acid groups (broad SMARTS) is 1. The maximum absolute atomic E-state index is 11.5. The minimum absolute atomic E-state index is 0.0961. The number of benzene rings is 1. The van der Waals surface area contributed by atoms with Gasteiger partial charge in [0.15, 0.2) is 6.04 Å². The Bertz CT molecular complexity index is 550. The van der Waals surface area contributed by atoms with Gasteiger partial charge in [0, 0.05) is 16.6 Å². The van der Waals surface area contributed by atoms with E-state index in [1.165, 1.54) is 12.1 Å². The zero-order chi connectivity index (χ0) is 15.3. The molecule has 0 unspecified atom stereocenters. The first-order valence-electron chi connectivity index (χ1n) is 5.20. The summed E-state index contributed by atoms with van der Waals surface area (Å²) in [5.74, 6) is -1.40. The van der Waals surface area contributed by atoms with E-state index in [0.29, 0.717) is 4.47 Å². The van der Waals surface area contributed by atoms with Gasteiger partial charge in [-0.15, -0.1) is 0 Å². The summed E-state index contributed by atoms with van der Waals surface area (Å²) in [5.41, 5.74) is -0.140. The molecule has 4 N–H and O–H groups in total. The third-order valence-corrected chi connectivity index (χ3v) is 2.89. The number of nitro benzene ring substituents is 1. The highest BCUT2D eigenvalue weighted by Crippen LogP contribution is 2.26. The molecule has 10 heteroatoms. The quantitative estimate of drug-likeness (QED) is 0.461. The zero-order valence-corrected chi connectivity index (χ0v) is 11.5. The van der Waals surface area contributed by atoms with Crippen molar-refractivity contribution in [1.29, 1.82) is 0 Å². The van der Waals surface area contributed by atoms with Gasteiger partial charge in [-0.1, -0.05) is 0 Å². The average Bonchev–Trinajstić information content (AvgIpc) is 2.37. The van der Waals surface area contributed by atoms with Gasteiger partial charge in [-0.05, 0) is 22.0 Å². The number of anilines is 1. The summed E-state index contributed by atoms with van der Waals surface area (Å²) in [5, 5.41) is 32.3. The average molecular weight is 348 g/mol. The van der Waals surface area contributed by atoms with Crippen LogP contribution in [0, 0.1) is 10.1 Å². The van der Waals surface area contributed by atoms with Gasteiger partial charge in [-0.3, -0.25) is 10.1 Å². The Morgan fingerprint density at radius 3 is 2.60 bits per heavy atom. The molecule has 0 aliphatic carbocycles. The Balaban J connectivity index is 2.82. The van der Waals surface area contributed by atoms with Crippen LogP contribution in [-0.2, 0) is 4.79 Å². The molecule has 0 aromatic heterocycles. The number of nitro groups is 1. The predicted molar refractivity (Wildman–Crippen MR) is 71.5 cm³/mol. The van der Waals surface area contributed by atoms with Gasteiger partial charge in [-0.2, -0.15) is 0 Å². The summed E-state index contributed by atoms with van der Waals surface area (Å²) in [6.07, 6.45) is 0. The number of nitrogens with zero attached hydrogens (tertiary/aromatic N) is 1. The van der Waals surface area contributed by atoms with Crippen molar-refractivity contribution < 1.29 is 24.7 Å². The molecule has 0 saturated heterocycles. The number of carbonyl (C=O) groups excluding carboxylic acids is 1. The molecular formula is C10H10BrN3O6. The standard InChI is InChI=1S/C10H10BrN3O6/c11-6-2-1-5(14(19)20)3-7(6)12-10(18)13-8(4-15)9(16)17/h1-3,8,15H,4H2,(H,16,17)(H2,12,13,18)/t8-/m0/s1. The van der Waals surface area contributed by atoms with Crippen LogP contribution in [0.5, 0.6) is 0 Å². The first-order valence-corrected chi connectivity index (χ1v) is 5.99. The third-order valence-electron chi connectivity index (χ3n) is 2.19. The van der Waals surface area contributed by atoms with E-state index in [2.05, 4.69) is 21.2 Å². The number of amides is 2. The van der Waals surface area contributed by atoms with Crippen LogP contribution in [0.25, 0.3) is 0 Å². The lowest BCUT2D eigenvalue weighted by Gasteiger charge is -2.13. The van der Waals surface area contributed by atoms with Gasteiger partial charge < -0.3 is 20.8 Å². The lowest BCUT2D eigenvalue weighted by atomic mass is 10.3.